The third kappa shape index (κ3) is 3.58. The van der Waals surface area contributed by atoms with Crippen LogP contribution in [0.25, 0.3) is 0 Å². The van der Waals surface area contributed by atoms with Crippen LogP contribution in [0.4, 0.5) is 0 Å². The number of ether oxygens (including phenoxy) is 1. The monoisotopic (exact) mass is 242 g/mol. The molecule has 17 heavy (non-hydrogen) atoms. The van der Waals surface area contributed by atoms with Gasteiger partial charge < -0.3 is 25.3 Å². The molecule has 7 heteroatoms. The van der Waals surface area contributed by atoms with Gasteiger partial charge in [-0.3, -0.25) is 4.79 Å². The van der Waals surface area contributed by atoms with E-state index >= 15 is 0 Å². The summed E-state index contributed by atoms with van der Waals surface area (Å²) in [5.74, 6) is -1.32. The second kappa shape index (κ2) is 6.02. The molecule has 0 saturated carbocycles. The Hall–Kier alpha value is -1.86. The molecule has 1 heterocycles. The van der Waals surface area contributed by atoms with Gasteiger partial charge in [-0.1, -0.05) is 0 Å². The third-order valence-electron chi connectivity index (χ3n) is 2.02. The lowest BCUT2D eigenvalue weighted by atomic mass is 10.3. The Balaban J connectivity index is 2.66. The minimum absolute atomic E-state index is 0.0211. The normalized spacial score (nSPS) is 12.1. The minimum Gasteiger partial charge on any atom is -0.480 e. The van der Waals surface area contributed by atoms with E-state index in [9.17, 15) is 9.59 Å². The van der Waals surface area contributed by atoms with Crippen LogP contribution in [0, 0.1) is 0 Å². The van der Waals surface area contributed by atoms with Gasteiger partial charge >= 0.3 is 5.97 Å². The van der Waals surface area contributed by atoms with E-state index in [1.165, 1.54) is 13.2 Å². The number of hydrogen-bond acceptors (Lipinski definition) is 5. The molecule has 0 spiro atoms. The van der Waals surface area contributed by atoms with Crippen molar-refractivity contribution in [1.29, 1.82) is 0 Å². The standard InChI is InChI=1S/C10H14N2O5/c1-16-5-7(10(14)15)12-9(13)8-3-2-6(4-11)17-8/h2-3,7H,4-5,11H2,1H3,(H,12,13)(H,14,15). The quantitative estimate of drug-likeness (QED) is 0.623. The fourth-order valence-corrected chi connectivity index (χ4v) is 1.18. The van der Waals surface area contributed by atoms with Gasteiger partial charge in [-0.05, 0) is 12.1 Å². The van der Waals surface area contributed by atoms with Crippen LogP contribution in [0.1, 0.15) is 16.3 Å². The molecule has 94 valence electrons. The van der Waals surface area contributed by atoms with Crippen molar-refractivity contribution in [3.8, 4) is 0 Å². The molecule has 0 aliphatic heterocycles. The number of carboxylic acid groups (broad SMARTS) is 1. The number of aliphatic carboxylic acids is 1. The molecule has 1 aromatic rings. The number of carbonyl (C=O) groups excluding carboxylic acids is 1. The van der Waals surface area contributed by atoms with E-state index in [1.807, 2.05) is 0 Å². The summed E-state index contributed by atoms with van der Waals surface area (Å²) in [4.78, 5) is 22.4. The summed E-state index contributed by atoms with van der Waals surface area (Å²) in [7, 11) is 1.35. The lowest BCUT2D eigenvalue weighted by molar-refractivity contribution is -0.140. The van der Waals surface area contributed by atoms with Crippen molar-refractivity contribution < 1.29 is 23.8 Å². The van der Waals surface area contributed by atoms with Crippen LogP contribution in [0.2, 0.25) is 0 Å². The maximum atomic E-state index is 11.6. The van der Waals surface area contributed by atoms with Gasteiger partial charge in [0.2, 0.25) is 0 Å². The predicted octanol–water partition coefficient (Wildman–Crippen LogP) is -0.432. The van der Waals surface area contributed by atoms with E-state index in [1.54, 1.807) is 6.07 Å². The highest BCUT2D eigenvalue weighted by atomic mass is 16.5. The van der Waals surface area contributed by atoms with E-state index in [-0.39, 0.29) is 18.9 Å². The van der Waals surface area contributed by atoms with E-state index in [2.05, 4.69) is 10.1 Å². The summed E-state index contributed by atoms with van der Waals surface area (Å²) in [5.41, 5.74) is 5.32. The number of nitrogens with one attached hydrogen (secondary N) is 1. The third-order valence-corrected chi connectivity index (χ3v) is 2.02. The molecule has 1 rings (SSSR count). The molecule has 1 aromatic heterocycles. The smallest absolute Gasteiger partial charge is 0.328 e. The summed E-state index contributed by atoms with van der Waals surface area (Å²) in [6, 6.07) is 1.88. The van der Waals surface area contributed by atoms with Crippen molar-refractivity contribution in [2.45, 2.75) is 12.6 Å². The van der Waals surface area contributed by atoms with E-state index in [4.69, 9.17) is 15.3 Å². The topological polar surface area (TPSA) is 115 Å². The van der Waals surface area contributed by atoms with Crippen molar-refractivity contribution in [1.82, 2.24) is 5.32 Å². The first-order valence-corrected chi connectivity index (χ1v) is 4.90. The van der Waals surface area contributed by atoms with Crippen molar-refractivity contribution in [2.75, 3.05) is 13.7 Å². The minimum atomic E-state index is -1.18. The fraction of sp³-hybridized carbons (Fsp3) is 0.400. The number of carboxylic acids is 1. The van der Waals surface area contributed by atoms with E-state index in [0.717, 1.165) is 0 Å². The molecule has 0 radical (unpaired) electrons. The summed E-state index contributed by atoms with van der Waals surface area (Å²) in [6.07, 6.45) is 0. The highest BCUT2D eigenvalue weighted by Gasteiger charge is 2.21. The van der Waals surface area contributed by atoms with Gasteiger partial charge in [0, 0.05) is 7.11 Å². The van der Waals surface area contributed by atoms with Gasteiger partial charge in [-0.2, -0.15) is 0 Å². The number of rotatable bonds is 6. The summed E-state index contributed by atoms with van der Waals surface area (Å²) >= 11 is 0. The SMILES string of the molecule is COCC(NC(=O)c1ccc(CN)o1)C(=O)O. The molecule has 1 unspecified atom stereocenters. The molecule has 0 aliphatic carbocycles. The Morgan fingerprint density at radius 3 is 2.76 bits per heavy atom. The first-order chi connectivity index (χ1) is 8.08. The van der Waals surface area contributed by atoms with Gasteiger partial charge in [0.25, 0.3) is 5.91 Å². The molecule has 0 fully saturated rings. The molecule has 4 N–H and O–H groups in total. The Kier molecular flexibility index (Phi) is 4.68. The van der Waals surface area contributed by atoms with Gasteiger partial charge in [0.15, 0.2) is 11.8 Å². The molecular formula is C10H14N2O5. The average molecular weight is 242 g/mol. The zero-order chi connectivity index (χ0) is 12.8. The number of carbonyl (C=O) groups is 2. The Morgan fingerprint density at radius 2 is 2.29 bits per heavy atom. The maximum Gasteiger partial charge on any atom is 0.328 e. The zero-order valence-electron chi connectivity index (χ0n) is 9.30. The predicted molar refractivity (Wildman–Crippen MR) is 57.4 cm³/mol. The van der Waals surface area contributed by atoms with Crippen LogP contribution in [-0.4, -0.2) is 36.7 Å². The van der Waals surface area contributed by atoms with Crippen molar-refractivity contribution >= 4 is 11.9 Å². The van der Waals surface area contributed by atoms with Gasteiger partial charge in [0.1, 0.15) is 5.76 Å². The van der Waals surface area contributed by atoms with Crippen LogP contribution in [0.3, 0.4) is 0 Å². The van der Waals surface area contributed by atoms with Crippen LogP contribution in [0.15, 0.2) is 16.5 Å². The number of furan rings is 1. The second-order valence-electron chi connectivity index (χ2n) is 3.29. The molecule has 0 aromatic carbocycles. The van der Waals surface area contributed by atoms with E-state index in [0.29, 0.717) is 5.76 Å². The van der Waals surface area contributed by atoms with Crippen molar-refractivity contribution in [2.24, 2.45) is 5.73 Å². The van der Waals surface area contributed by atoms with Crippen molar-refractivity contribution in [3.63, 3.8) is 0 Å². The van der Waals surface area contributed by atoms with Crippen LogP contribution >= 0.6 is 0 Å². The van der Waals surface area contributed by atoms with E-state index < -0.39 is 17.9 Å². The average Bonchev–Trinajstić information content (AvgIpc) is 2.76. The number of methoxy groups -OCH3 is 1. The second-order valence-corrected chi connectivity index (χ2v) is 3.29. The number of amides is 1. The highest BCUT2D eigenvalue weighted by molar-refractivity contribution is 5.94. The number of nitrogens with two attached hydrogens (primary N) is 1. The van der Waals surface area contributed by atoms with Gasteiger partial charge in [-0.15, -0.1) is 0 Å². The van der Waals surface area contributed by atoms with Crippen LogP contribution in [-0.2, 0) is 16.1 Å². The summed E-state index contributed by atoms with van der Waals surface area (Å²) in [5, 5.41) is 11.1. The van der Waals surface area contributed by atoms with Crippen molar-refractivity contribution in [3.05, 3.63) is 23.7 Å². The Morgan fingerprint density at radius 1 is 1.59 bits per heavy atom. The van der Waals surface area contributed by atoms with Gasteiger partial charge in [0.05, 0.1) is 13.2 Å². The summed E-state index contributed by atoms with van der Waals surface area (Å²) in [6.45, 7) is 0.0548. The molecule has 7 nitrogen and oxygen atoms in total. The maximum absolute atomic E-state index is 11.6. The lowest BCUT2D eigenvalue weighted by Crippen LogP contribution is -2.43. The molecule has 1 atom stereocenters. The number of hydrogen-bond donors (Lipinski definition) is 3. The lowest BCUT2D eigenvalue weighted by Gasteiger charge is -2.12. The first-order valence-electron chi connectivity index (χ1n) is 4.90. The Labute approximate surface area is 97.5 Å². The highest BCUT2D eigenvalue weighted by Crippen LogP contribution is 2.07. The zero-order valence-corrected chi connectivity index (χ0v) is 9.30. The molecular weight excluding hydrogens is 228 g/mol. The molecule has 1 amide bonds. The van der Waals surface area contributed by atoms with Crippen LogP contribution in [0.5, 0.6) is 0 Å². The fourth-order valence-electron chi connectivity index (χ4n) is 1.18. The molecule has 0 bridgehead atoms. The Bertz CT molecular complexity index is 401. The summed E-state index contributed by atoms with van der Waals surface area (Å²) < 4.78 is 9.76. The largest absolute Gasteiger partial charge is 0.480 e. The molecule has 0 aliphatic rings. The molecule has 0 saturated heterocycles. The first kappa shape index (κ1) is 13.2. The van der Waals surface area contributed by atoms with Crippen LogP contribution < -0.4 is 11.1 Å². The van der Waals surface area contributed by atoms with Gasteiger partial charge in [-0.25, -0.2) is 4.79 Å².